The number of thiophene rings is 1. The van der Waals surface area contributed by atoms with Crippen molar-refractivity contribution in [1.82, 2.24) is 14.8 Å². The van der Waals surface area contributed by atoms with Gasteiger partial charge in [0.15, 0.2) is 5.16 Å². The number of carbonyl (C=O) groups is 1. The van der Waals surface area contributed by atoms with Gasteiger partial charge >= 0.3 is 5.69 Å². The van der Waals surface area contributed by atoms with Gasteiger partial charge < -0.3 is 5.32 Å². The molecule has 0 bridgehead atoms. The monoisotopic (exact) mass is 405 g/mol. The second-order valence-corrected chi connectivity index (χ2v) is 8.87. The van der Waals surface area contributed by atoms with Crippen molar-refractivity contribution >= 4 is 34.0 Å². The number of amides is 1. The van der Waals surface area contributed by atoms with E-state index in [1.165, 1.54) is 28.0 Å². The number of nitriles is 1. The van der Waals surface area contributed by atoms with Crippen LogP contribution in [0, 0.1) is 17.2 Å². The van der Waals surface area contributed by atoms with Crippen LogP contribution in [0.4, 0.5) is 5.00 Å². The number of hydrogen-bond acceptors (Lipinski definition) is 6. The number of aromatic amines is 1. The molecule has 0 saturated carbocycles. The Morgan fingerprint density at radius 1 is 1.56 bits per heavy atom. The molecule has 9 heteroatoms. The quantitative estimate of drug-likeness (QED) is 0.689. The second kappa shape index (κ2) is 8.76. The van der Waals surface area contributed by atoms with E-state index in [9.17, 15) is 14.9 Å². The standard InChI is InChI=1S/C18H23N5O2S2/c1-3-4-7-23-17(25)21-22-18(23)26-10-15(24)20-16-13(9-19)12-6-5-11(2)8-14(12)27-16/h11H,3-8,10H2,1-2H3,(H,20,24)(H,21,25)/t11-/m0/s1. The van der Waals surface area contributed by atoms with Gasteiger partial charge in [0, 0.05) is 11.4 Å². The zero-order chi connectivity index (χ0) is 19.4. The molecule has 2 aromatic rings. The van der Waals surface area contributed by atoms with Gasteiger partial charge in [0.1, 0.15) is 11.1 Å². The molecule has 1 aliphatic carbocycles. The summed E-state index contributed by atoms with van der Waals surface area (Å²) in [4.78, 5) is 25.4. The summed E-state index contributed by atoms with van der Waals surface area (Å²) in [5.74, 6) is 0.558. The number of thioether (sulfide) groups is 1. The molecule has 2 heterocycles. The van der Waals surface area contributed by atoms with Crippen LogP contribution >= 0.6 is 23.1 Å². The molecule has 0 saturated heterocycles. The van der Waals surface area contributed by atoms with E-state index in [4.69, 9.17) is 0 Å². The summed E-state index contributed by atoms with van der Waals surface area (Å²) in [7, 11) is 0. The maximum atomic E-state index is 12.4. The number of H-pyrrole nitrogens is 1. The highest BCUT2D eigenvalue weighted by molar-refractivity contribution is 7.99. The van der Waals surface area contributed by atoms with Crippen molar-refractivity contribution in [2.75, 3.05) is 11.1 Å². The first-order chi connectivity index (χ1) is 13.0. The predicted molar refractivity (Wildman–Crippen MR) is 107 cm³/mol. The van der Waals surface area contributed by atoms with E-state index in [1.807, 2.05) is 0 Å². The fourth-order valence-corrected chi connectivity index (χ4v) is 5.33. The molecule has 144 valence electrons. The molecule has 0 unspecified atom stereocenters. The van der Waals surface area contributed by atoms with Gasteiger partial charge in [-0.1, -0.05) is 32.0 Å². The molecular weight excluding hydrogens is 382 g/mol. The SMILES string of the molecule is CCCCn1c(SCC(=O)Nc2sc3c(c2C#N)CC[C@H](C)C3)n[nH]c1=O. The first-order valence-electron chi connectivity index (χ1n) is 9.16. The molecule has 2 aromatic heterocycles. The normalized spacial score (nSPS) is 16.0. The Labute approximate surface area is 166 Å². The highest BCUT2D eigenvalue weighted by atomic mass is 32.2. The van der Waals surface area contributed by atoms with Gasteiger partial charge in [-0.3, -0.25) is 9.36 Å². The minimum Gasteiger partial charge on any atom is -0.316 e. The van der Waals surface area contributed by atoms with Gasteiger partial charge in [-0.05, 0) is 37.2 Å². The van der Waals surface area contributed by atoms with Crippen LogP contribution < -0.4 is 11.0 Å². The summed E-state index contributed by atoms with van der Waals surface area (Å²) < 4.78 is 1.56. The van der Waals surface area contributed by atoms with Crippen LogP contribution in [0.15, 0.2) is 9.95 Å². The third-order valence-electron chi connectivity index (χ3n) is 4.67. The van der Waals surface area contributed by atoms with Crippen LogP contribution in [0.3, 0.4) is 0 Å². The number of carbonyl (C=O) groups excluding carboxylic acids is 1. The summed E-state index contributed by atoms with van der Waals surface area (Å²) in [6.07, 6.45) is 4.80. The molecule has 27 heavy (non-hydrogen) atoms. The molecule has 1 aliphatic rings. The summed E-state index contributed by atoms with van der Waals surface area (Å²) >= 11 is 2.74. The van der Waals surface area contributed by atoms with E-state index >= 15 is 0 Å². The largest absolute Gasteiger partial charge is 0.343 e. The number of unbranched alkanes of at least 4 members (excludes halogenated alkanes) is 1. The Morgan fingerprint density at radius 3 is 3.11 bits per heavy atom. The number of nitrogens with one attached hydrogen (secondary N) is 2. The number of fused-ring (bicyclic) bond motifs is 1. The van der Waals surface area contributed by atoms with E-state index in [0.717, 1.165) is 37.7 Å². The smallest absolute Gasteiger partial charge is 0.316 e. The summed E-state index contributed by atoms with van der Waals surface area (Å²) in [6, 6.07) is 2.26. The van der Waals surface area contributed by atoms with E-state index in [2.05, 4.69) is 35.4 Å². The zero-order valence-electron chi connectivity index (χ0n) is 15.5. The van der Waals surface area contributed by atoms with Gasteiger partial charge in [-0.2, -0.15) is 5.26 Å². The number of aromatic nitrogens is 3. The van der Waals surface area contributed by atoms with Crippen LogP contribution in [0.1, 0.15) is 49.1 Å². The summed E-state index contributed by atoms with van der Waals surface area (Å²) in [6.45, 7) is 4.86. The van der Waals surface area contributed by atoms with Gasteiger partial charge in [-0.15, -0.1) is 16.4 Å². The minimum atomic E-state index is -0.252. The van der Waals surface area contributed by atoms with Gasteiger partial charge in [-0.25, -0.2) is 9.89 Å². The molecular formula is C18H23N5O2S2. The second-order valence-electron chi connectivity index (χ2n) is 6.82. The van der Waals surface area contributed by atoms with Crippen LogP contribution in [0.5, 0.6) is 0 Å². The molecule has 7 nitrogen and oxygen atoms in total. The maximum Gasteiger partial charge on any atom is 0.343 e. The predicted octanol–water partition coefficient (Wildman–Crippen LogP) is 3.16. The topological polar surface area (TPSA) is 104 Å². The highest BCUT2D eigenvalue weighted by Gasteiger charge is 2.24. The van der Waals surface area contributed by atoms with Gasteiger partial charge in [0.2, 0.25) is 5.91 Å². The third kappa shape index (κ3) is 4.45. The first-order valence-corrected chi connectivity index (χ1v) is 11.0. The number of nitrogens with zero attached hydrogens (tertiary/aromatic N) is 3. The lowest BCUT2D eigenvalue weighted by atomic mass is 9.89. The average Bonchev–Trinajstić information content (AvgIpc) is 3.17. The van der Waals surface area contributed by atoms with Crippen LogP contribution in [-0.4, -0.2) is 26.4 Å². The van der Waals surface area contributed by atoms with E-state index in [1.54, 1.807) is 4.57 Å². The van der Waals surface area contributed by atoms with Crippen molar-refractivity contribution in [3.63, 3.8) is 0 Å². The molecule has 1 amide bonds. The van der Waals surface area contributed by atoms with Crippen LogP contribution in [0.2, 0.25) is 0 Å². The van der Waals surface area contributed by atoms with Crippen LogP contribution in [0.25, 0.3) is 0 Å². The number of rotatable bonds is 7. The van der Waals surface area contributed by atoms with Gasteiger partial charge in [0.25, 0.3) is 0 Å². The Hall–Kier alpha value is -2.05. The molecule has 2 N–H and O–H groups in total. The van der Waals surface area contributed by atoms with Crippen molar-refractivity contribution in [2.45, 2.75) is 57.7 Å². The Bertz CT molecular complexity index is 921. The van der Waals surface area contributed by atoms with Crippen molar-refractivity contribution in [1.29, 1.82) is 5.26 Å². The summed E-state index contributed by atoms with van der Waals surface area (Å²) in [5.41, 5.74) is 1.46. The minimum absolute atomic E-state index is 0.139. The first kappa shape index (κ1) is 19.7. The molecule has 1 atom stereocenters. The molecule has 0 spiro atoms. The molecule has 0 aromatic carbocycles. The van der Waals surface area contributed by atoms with Crippen molar-refractivity contribution in [2.24, 2.45) is 5.92 Å². The van der Waals surface area contributed by atoms with Crippen molar-refractivity contribution in [3.05, 3.63) is 26.5 Å². The zero-order valence-corrected chi connectivity index (χ0v) is 17.1. The van der Waals surface area contributed by atoms with Crippen LogP contribution in [-0.2, 0) is 24.2 Å². The lowest BCUT2D eigenvalue weighted by Crippen LogP contribution is -2.19. The van der Waals surface area contributed by atoms with E-state index in [0.29, 0.717) is 28.2 Å². The third-order valence-corrected chi connectivity index (χ3v) is 6.81. The fourth-order valence-electron chi connectivity index (χ4n) is 3.18. The Kier molecular flexibility index (Phi) is 6.39. The number of hydrogen-bond donors (Lipinski definition) is 2. The number of anilines is 1. The fraction of sp³-hybridized carbons (Fsp3) is 0.556. The van der Waals surface area contributed by atoms with Gasteiger partial charge in [0.05, 0.1) is 11.3 Å². The molecule has 0 radical (unpaired) electrons. The molecule has 0 aliphatic heterocycles. The lowest BCUT2D eigenvalue weighted by Gasteiger charge is -2.17. The molecule has 0 fully saturated rings. The van der Waals surface area contributed by atoms with Crippen molar-refractivity contribution < 1.29 is 4.79 Å². The lowest BCUT2D eigenvalue weighted by molar-refractivity contribution is -0.113. The Balaban J connectivity index is 1.66. The highest BCUT2D eigenvalue weighted by Crippen LogP contribution is 2.39. The Morgan fingerprint density at radius 2 is 2.37 bits per heavy atom. The molecule has 3 rings (SSSR count). The maximum absolute atomic E-state index is 12.4. The summed E-state index contributed by atoms with van der Waals surface area (Å²) in [5, 5.41) is 20.0. The van der Waals surface area contributed by atoms with Crippen molar-refractivity contribution in [3.8, 4) is 6.07 Å². The van der Waals surface area contributed by atoms with E-state index < -0.39 is 0 Å². The van der Waals surface area contributed by atoms with E-state index in [-0.39, 0.29) is 17.3 Å². The average molecular weight is 406 g/mol.